The molecule has 21 heavy (non-hydrogen) atoms. The molecule has 0 saturated heterocycles. The number of nitrogens with one attached hydrogen (secondary N) is 1. The van der Waals surface area contributed by atoms with Crippen molar-refractivity contribution in [1.82, 2.24) is 10.2 Å². The fraction of sp³-hybridized carbons (Fsp3) is 0.941. The second kappa shape index (κ2) is 9.42. The minimum Gasteiger partial charge on any atom is -0.465 e. The quantitative estimate of drug-likeness (QED) is 0.596. The molecule has 4 nitrogen and oxygen atoms in total. The Morgan fingerprint density at radius 1 is 1.38 bits per heavy atom. The van der Waals surface area contributed by atoms with Crippen LogP contribution in [0.15, 0.2) is 0 Å². The van der Waals surface area contributed by atoms with E-state index in [2.05, 4.69) is 24.2 Å². The number of esters is 1. The van der Waals surface area contributed by atoms with Crippen LogP contribution in [0.25, 0.3) is 0 Å². The van der Waals surface area contributed by atoms with Crippen molar-refractivity contribution in [2.75, 3.05) is 33.3 Å². The third-order valence-electron chi connectivity index (χ3n) is 4.50. The van der Waals surface area contributed by atoms with Crippen molar-refractivity contribution < 1.29 is 9.53 Å². The topological polar surface area (TPSA) is 41.6 Å². The van der Waals surface area contributed by atoms with Crippen LogP contribution in [-0.4, -0.2) is 49.7 Å². The Morgan fingerprint density at radius 3 is 2.62 bits per heavy atom. The Bertz CT molecular complexity index is 305. The third kappa shape index (κ3) is 6.35. The number of carbonyl (C=O) groups excluding carboxylic acids is 1. The highest BCUT2D eigenvalue weighted by Gasteiger charge is 2.33. The van der Waals surface area contributed by atoms with Crippen LogP contribution < -0.4 is 5.32 Å². The standard InChI is InChI=1S/C17H34N2O2/c1-5-12-18-17(3,16(20)21-6-2)11-8-13-19(4)14-15-9-7-10-15/h15,18H,5-14H2,1-4H3. The second-order valence-electron chi connectivity index (χ2n) is 6.64. The number of nitrogens with zero attached hydrogens (tertiary/aromatic N) is 1. The zero-order valence-electron chi connectivity index (χ0n) is 14.4. The van der Waals surface area contributed by atoms with Crippen LogP contribution in [0.2, 0.25) is 0 Å². The van der Waals surface area contributed by atoms with Crippen LogP contribution in [0.5, 0.6) is 0 Å². The first-order valence-corrected chi connectivity index (χ1v) is 8.62. The molecular formula is C17H34N2O2. The van der Waals surface area contributed by atoms with Gasteiger partial charge in [0.1, 0.15) is 5.54 Å². The van der Waals surface area contributed by atoms with E-state index in [9.17, 15) is 4.79 Å². The van der Waals surface area contributed by atoms with Crippen LogP contribution in [0.3, 0.4) is 0 Å². The first kappa shape index (κ1) is 18.4. The average Bonchev–Trinajstić information content (AvgIpc) is 2.41. The maximum Gasteiger partial charge on any atom is 0.326 e. The second-order valence-corrected chi connectivity index (χ2v) is 6.64. The molecule has 1 rings (SSSR count). The first-order valence-electron chi connectivity index (χ1n) is 8.62. The summed E-state index contributed by atoms with van der Waals surface area (Å²) in [5.74, 6) is 0.796. The summed E-state index contributed by atoms with van der Waals surface area (Å²) in [7, 11) is 2.19. The monoisotopic (exact) mass is 298 g/mol. The van der Waals surface area contributed by atoms with E-state index >= 15 is 0 Å². The molecule has 0 aliphatic heterocycles. The van der Waals surface area contributed by atoms with Crippen molar-refractivity contribution in [3.8, 4) is 0 Å². The van der Waals surface area contributed by atoms with Gasteiger partial charge in [-0.3, -0.25) is 4.79 Å². The van der Waals surface area contributed by atoms with E-state index in [-0.39, 0.29) is 5.97 Å². The van der Waals surface area contributed by atoms with Gasteiger partial charge in [-0.05, 0) is 72.0 Å². The van der Waals surface area contributed by atoms with Gasteiger partial charge in [0.2, 0.25) is 0 Å². The summed E-state index contributed by atoms with van der Waals surface area (Å²) in [6.07, 6.45) is 7.07. The van der Waals surface area contributed by atoms with E-state index in [0.29, 0.717) is 6.61 Å². The molecule has 1 fully saturated rings. The largest absolute Gasteiger partial charge is 0.465 e. The number of hydrogen-bond donors (Lipinski definition) is 1. The molecule has 0 bridgehead atoms. The SMILES string of the molecule is CCCNC(C)(CCCN(C)CC1CCC1)C(=O)OCC. The van der Waals surface area contributed by atoms with Gasteiger partial charge in [0.05, 0.1) is 6.61 Å². The number of ether oxygens (including phenoxy) is 1. The molecule has 0 aromatic carbocycles. The molecule has 0 amide bonds. The normalized spacial score (nSPS) is 18.3. The fourth-order valence-corrected chi connectivity index (χ4v) is 2.86. The Labute approximate surface area is 130 Å². The van der Waals surface area contributed by atoms with Crippen LogP contribution >= 0.6 is 0 Å². The number of hydrogen-bond acceptors (Lipinski definition) is 4. The van der Waals surface area contributed by atoms with Gasteiger partial charge in [-0.25, -0.2) is 0 Å². The summed E-state index contributed by atoms with van der Waals surface area (Å²) in [6.45, 7) is 9.52. The lowest BCUT2D eigenvalue weighted by Gasteiger charge is -2.32. The summed E-state index contributed by atoms with van der Waals surface area (Å²) in [5, 5.41) is 3.37. The molecule has 0 spiro atoms. The smallest absolute Gasteiger partial charge is 0.326 e. The zero-order valence-corrected chi connectivity index (χ0v) is 14.4. The van der Waals surface area contributed by atoms with E-state index in [0.717, 1.165) is 38.3 Å². The van der Waals surface area contributed by atoms with Gasteiger partial charge >= 0.3 is 5.97 Å². The Balaban J connectivity index is 2.34. The molecule has 1 aliphatic carbocycles. The van der Waals surface area contributed by atoms with Gasteiger partial charge in [0.25, 0.3) is 0 Å². The molecule has 1 unspecified atom stereocenters. The zero-order chi connectivity index (χ0) is 15.7. The minimum absolute atomic E-state index is 0.111. The van der Waals surface area contributed by atoms with Crippen LogP contribution in [0.4, 0.5) is 0 Å². The molecule has 0 radical (unpaired) electrons. The van der Waals surface area contributed by atoms with Gasteiger partial charge in [-0.2, -0.15) is 0 Å². The number of rotatable bonds is 11. The van der Waals surface area contributed by atoms with Crippen molar-refractivity contribution in [2.45, 2.75) is 64.8 Å². The Morgan fingerprint density at radius 2 is 2.10 bits per heavy atom. The average molecular weight is 298 g/mol. The molecule has 124 valence electrons. The van der Waals surface area contributed by atoms with Gasteiger partial charge < -0.3 is 15.0 Å². The number of carbonyl (C=O) groups is 1. The highest BCUT2D eigenvalue weighted by atomic mass is 16.5. The molecular weight excluding hydrogens is 264 g/mol. The first-order chi connectivity index (χ1) is 10.0. The van der Waals surface area contributed by atoms with Crippen molar-refractivity contribution in [1.29, 1.82) is 0 Å². The lowest BCUT2D eigenvalue weighted by atomic mass is 9.85. The van der Waals surface area contributed by atoms with E-state index in [1.165, 1.54) is 25.8 Å². The van der Waals surface area contributed by atoms with E-state index in [1.807, 2.05) is 13.8 Å². The minimum atomic E-state index is -0.538. The van der Waals surface area contributed by atoms with Gasteiger partial charge in [-0.1, -0.05) is 13.3 Å². The molecule has 1 aliphatic rings. The molecule has 0 aromatic rings. The van der Waals surface area contributed by atoms with Crippen LogP contribution in [0.1, 0.15) is 59.3 Å². The predicted octanol–water partition coefficient (Wildman–Crippen LogP) is 2.82. The van der Waals surface area contributed by atoms with E-state index in [1.54, 1.807) is 0 Å². The van der Waals surface area contributed by atoms with E-state index in [4.69, 9.17) is 4.74 Å². The molecule has 1 atom stereocenters. The van der Waals surface area contributed by atoms with E-state index < -0.39 is 5.54 Å². The molecule has 4 heteroatoms. The van der Waals surface area contributed by atoms with Crippen molar-refractivity contribution >= 4 is 5.97 Å². The van der Waals surface area contributed by atoms with Crippen molar-refractivity contribution in [2.24, 2.45) is 5.92 Å². The summed E-state index contributed by atoms with van der Waals surface area (Å²) in [5.41, 5.74) is -0.538. The summed E-state index contributed by atoms with van der Waals surface area (Å²) >= 11 is 0. The highest BCUT2D eigenvalue weighted by molar-refractivity contribution is 5.80. The van der Waals surface area contributed by atoms with Crippen molar-refractivity contribution in [3.05, 3.63) is 0 Å². The molecule has 1 N–H and O–H groups in total. The lowest BCUT2D eigenvalue weighted by Crippen LogP contribution is -2.51. The lowest BCUT2D eigenvalue weighted by molar-refractivity contribution is -0.150. The Kier molecular flexibility index (Phi) is 8.27. The summed E-state index contributed by atoms with van der Waals surface area (Å²) < 4.78 is 5.24. The fourth-order valence-electron chi connectivity index (χ4n) is 2.86. The summed E-state index contributed by atoms with van der Waals surface area (Å²) in [4.78, 5) is 14.6. The molecule has 0 aromatic heterocycles. The maximum absolute atomic E-state index is 12.2. The van der Waals surface area contributed by atoms with Gasteiger partial charge in [0.15, 0.2) is 0 Å². The van der Waals surface area contributed by atoms with Gasteiger partial charge in [0, 0.05) is 6.54 Å². The third-order valence-corrected chi connectivity index (χ3v) is 4.50. The highest BCUT2D eigenvalue weighted by Crippen LogP contribution is 2.26. The molecule has 1 saturated carbocycles. The molecule has 0 heterocycles. The summed E-state index contributed by atoms with van der Waals surface area (Å²) in [6, 6.07) is 0. The Hall–Kier alpha value is -0.610. The maximum atomic E-state index is 12.2. The van der Waals surface area contributed by atoms with Crippen LogP contribution in [-0.2, 0) is 9.53 Å². The van der Waals surface area contributed by atoms with Crippen LogP contribution in [0, 0.1) is 5.92 Å². The predicted molar refractivity (Wildman–Crippen MR) is 87.4 cm³/mol. The van der Waals surface area contributed by atoms with Crippen molar-refractivity contribution in [3.63, 3.8) is 0 Å². The van der Waals surface area contributed by atoms with Gasteiger partial charge in [-0.15, -0.1) is 0 Å².